The van der Waals surface area contributed by atoms with E-state index in [0.29, 0.717) is 17.2 Å². The van der Waals surface area contributed by atoms with E-state index < -0.39 is 17.5 Å². The molecule has 1 amide bonds. The molecular formula is C22H21F2NO2S. The summed E-state index contributed by atoms with van der Waals surface area (Å²) in [5.41, 5.74) is 2.21. The van der Waals surface area contributed by atoms with Crippen molar-refractivity contribution >= 4 is 22.9 Å². The quantitative estimate of drug-likeness (QED) is 0.556. The van der Waals surface area contributed by atoms with Crippen molar-refractivity contribution < 1.29 is 18.3 Å². The molecule has 0 bridgehead atoms. The van der Waals surface area contributed by atoms with E-state index in [1.165, 1.54) is 23.0 Å². The van der Waals surface area contributed by atoms with Crippen molar-refractivity contribution in [3.8, 4) is 5.75 Å². The van der Waals surface area contributed by atoms with E-state index in [4.69, 9.17) is 4.74 Å². The van der Waals surface area contributed by atoms with Crippen molar-refractivity contribution in [1.29, 1.82) is 0 Å². The van der Waals surface area contributed by atoms with Gasteiger partial charge in [0.15, 0.2) is 0 Å². The van der Waals surface area contributed by atoms with Gasteiger partial charge in [-0.1, -0.05) is 45.0 Å². The van der Waals surface area contributed by atoms with Crippen LogP contribution in [-0.4, -0.2) is 5.91 Å². The molecule has 1 aromatic heterocycles. The SMILES string of the molecule is CC(C)(C)c1ccc(COc2ccsc2C(=O)Nc2ccc(F)cc2F)cc1. The number of halogens is 2. The first-order valence-corrected chi connectivity index (χ1v) is 9.68. The Hall–Kier alpha value is -2.73. The molecule has 3 aromatic rings. The third-order valence-corrected chi connectivity index (χ3v) is 5.12. The van der Waals surface area contributed by atoms with Gasteiger partial charge in [0.2, 0.25) is 0 Å². The maximum atomic E-state index is 13.8. The van der Waals surface area contributed by atoms with Crippen molar-refractivity contribution in [3.05, 3.63) is 81.5 Å². The second-order valence-electron chi connectivity index (χ2n) is 7.43. The number of hydrogen-bond acceptors (Lipinski definition) is 3. The van der Waals surface area contributed by atoms with Crippen LogP contribution in [0.3, 0.4) is 0 Å². The highest BCUT2D eigenvalue weighted by Gasteiger charge is 2.17. The minimum absolute atomic E-state index is 0.0770. The van der Waals surface area contributed by atoms with Gasteiger partial charge in [0, 0.05) is 6.07 Å². The Morgan fingerprint density at radius 2 is 1.79 bits per heavy atom. The first-order chi connectivity index (χ1) is 13.2. The third kappa shape index (κ3) is 4.75. The molecule has 146 valence electrons. The Morgan fingerprint density at radius 3 is 2.43 bits per heavy atom. The summed E-state index contributed by atoms with van der Waals surface area (Å²) in [5.74, 6) is -1.61. The van der Waals surface area contributed by atoms with Crippen LogP contribution in [-0.2, 0) is 12.0 Å². The van der Waals surface area contributed by atoms with Gasteiger partial charge in [-0.05, 0) is 40.1 Å². The zero-order chi connectivity index (χ0) is 20.3. The van der Waals surface area contributed by atoms with Gasteiger partial charge in [-0.25, -0.2) is 8.78 Å². The van der Waals surface area contributed by atoms with Crippen LogP contribution >= 0.6 is 11.3 Å². The molecule has 6 heteroatoms. The summed E-state index contributed by atoms with van der Waals surface area (Å²) in [6.07, 6.45) is 0. The lowest BCUT2D eigenvalue weighted by Crippen LogP contribution is -2.13. The fourth-order valence-corrected chi connectivity index (χ4v) is 3.34. The molecule has 0 radical (unpaired) electrons. The molecule has 1 heterocycles. The Bertz CT molecular complexity index is 975. The predicted octanol–water partition coefficient (Wildman–Crippen LogP) is 6.16. The molecule has 2 aromatic carbocycles. The lowest BCUT2D eigenvalue weighted by Gasteiger charge is -2.19. The summed E-state index contributed by atoms with van der Waals surface area (Å²) >= 11 is 1.19. The highest BCUT2D eigenvalue weighted by Crippen LogP contribution is 2.28. The minimum atomic E-state index is -0.827. The minimum Gasteiger partial charge on any atom is -0.487 e. The summed E-state index contributed by atoms with van der Waals surface area (Å²) in [5, 5.41) is 4.18. The van der Waals surface area contributed by atoms with E-state index in [0.717, 1.165) is 17.7 Å². The molecule has 0 unspecified atom stereocenters. The van der Waals surface area contributed by atoms with Crippen LogP contribution in [0, 0.1) is 11.6 Å². The van der Waals surface area contributed by atoms with Gasteiger partial charge in [-0.2, -0.15) is 0 Å². The number of amides is 1. The smallest absolute Gasteiger partial charge is 0.269 e. The number of rotatable bonds is 5. The molecule has 0 aliphatic heterocycles. The summed E-state index contributed by atoms with van der Waals surface area (Å²) in [6, 6.07) is 12.8. The first kappa shape index (κ1) is 20.0. The lowest BCUT2D eigenvalue weighted by atomic mass is 9.87. The van der Waals surface area contributed by atoms with Crippen LogP contribution in [0.15, 0.2) is 53.9 Å². The summed E-state index contributed by atoms with van der Waals surface area (Å²) in [6.45, 7) is 6.77. The van der Waals surface area contributed by atoms with E-state index in [9.17, 15) is 13.6 Å². The number of thiophene rings is 1. The molecule has 0 atom stereocenters. The molecule has 0 saturated heterocycles. The third-order valence-electron chi connectivity index (χ3n) is 4.23. The number of anilines is 1. The van der Waals surface area contributed by atoms with Crippen LogP contribution in [0.2, 0.25) is 0 Å². The fourth-order valence-electron chi connectivity index (χ4n) is 2.61. The van der Waals surface area contributed by atoms with Crippen LogP contribution in [0.5, 0.6) is 5.75 Å². The zero-order valence-corrected chi connectivity index (χ0v) is 16.7. The highest BCUT2D eigenvalue weighted by molar-refractivity contribution is 7.12. The molecule has 0 saturated carbocycles. The molecule has 0 spiro atoms. The monoisotopic (exact) mass is 401 g/mol. The van der Waals surface area contributed by atoms with Crippen molar-refractivity contribution in [3.63, 3.8) is 0 Å². The van der Waals surface area contributed by atoms with Crippen molar-refractivity contribution in [1.82, 2.24) is 0 Å². The largest absolute Gasteiger partial charge is 0.487 e. The second-order valence-corrected chi connectivity index (χ2v) is 8.34. The molecule has 1 N–H and O–H groups in total. The normalized spacial score (nSPS) is 11.3. The molecular weight excluding hydrogens is 380 g/mol. The average molecular weight is 401 g/mol. The predicted molar refractivity (Wildman–Crippen MR) is 108 cm³/mol. The Morgan fingerprint density at radius 1 is 1.07 bits per heavy atom. The molecule has 3 nitrogen and oxygen atoms in total. The first-order valence-electron chi connectivity index (χ1n) is 8.80. The molecule has 0 fully saturated rings. The summed E-state index contributed by atoms with van der Waals surface area (Å²) in [4.78, 5) is 12.8. The summed E-state index contributed by atoms with van der Waals surface area (Å²) in [7, 11) is 0. The maximum absolute atomic E-state index is 13.8. The molecule has 28 heavy (non-hydrogen) atoms. The Labute approximate surface area is 167 Å². The van der Waals surface area contributed by atoms with Gasteiger partial charge in [0.25, 0.3) is 5.91 Å². The fraction of sp³-hybridized carbons (Fsp3) is 0.227. The van der Waals surface area contributed by atoms with Crippen molar-refractivity contribution in [2.45, 2.75) is 32.8 Å². The zero-order valence-electron chi connectivity index (χ0n) is 15.9. The van der Waals surface area contributed by atoms with Gasteiger partial charge in [0.05, 0.1) is 5.69 Å². The summed E-state index contributed by atoms with van der Waals surface area (Å²) < 4.78 is 32.6. The Balaban J connectivity index is 1.67. The second kappa shape index (κ2) is 8.10. The lowest BCUT2D eigenvalue weighted by molar-refractivity contribution is 0.102. The maximum Gasteiger partial charge on any atom is 0.269 e. The van der Waals surface area contributed by atoms with E-state index in [1.54, 1.807) is 11.4 Å². The van der Waals surface area contributed by atoms with E-state index in [1.807, 2.05) is 12.1 Å². The van der Waals surface area contributed by atoms with Crippen LogP contribution in [0.25, 0.3) is 0 Å². The molecule has 0 aliphatic rings. The van der Waals surface area contributed by atoms with Gasteiger partial charge < -0.3 is 10.1 Å². The number of carbonyl (C=O) groups excluding carboxylic acids is 1. The Kier molecular flexibility index (Phi) is 5.79. The van der Waals surface area contributed by atoms with Gasteiger partial charge in [-0.15, -0.1) is 11.3 Å². The average Bonchev–Trinajstić information content (AvgIpc) is 3.10. The van der Waals surface area contributed by atoms with E-state index >= 15 is 0 Å². The topological polar surface area (TPSA) is 38.3 Å². The van der Waals surface area contributed by atoms with Gasteiger partial charge in [-0.3, -0.25) is 4.79 Å². The van der Waals surface area contributed by atoms with Crippen molar-refractivity contribution in [2.24, 2.45) is 0 Å². The molecule has 0 aliphatic carbocycles. The van der Waals surface area contributed by atoms with Crippen LogP contribution < -0.4 is 10.1 Å². The number of carbonyl (C=O) groups is 1. The van der Waals surface area contributed by atoms with Crippen LogP contribution in [0.4, 0.5) is 14.5 Å². The van der Waals surface area contributed by atoms with Crippen LogP contribution in [0.1, 0.15) is 41.6 Å². The standard InChI is InChI=1S/C22H21F2NO2S/c1-22(2,3)15-6-4-14(5-7-15)13-27-19-10-11-28-20(19)21(26)25-18-9-8-16(23)12-17(18)24/h4-12H,13H2,1-3H3,(H,25,26). The van der Waals surface area contributed by atoms with Crippen molar-refractivity contribution in [2.75, 3.05) is 5.32 Å². The van der Waals surface area contributed by atoms with E-state index in [2.05, 4.69) is 38.2 Å². The number of benzene rings is 2. The van der Waals surface area contributed by atoms with Gasteiger partial charge in [0.1, 0.15) is 28.9 Å². The highest BCUT2D eigenvalue weighted by atomic mass is 32.1. The number of ether oxygens (including phenoxy) is 1. The number of hydrogen-bond donors (Lipinski definition) is 1. The van der Waals surface area contributed by atoms with E-state index in [-0.39, 0.29) is 11.1 Å². The number of nitrogens with one attached hydrogen (secondary N) is 1. The molecule has 3 rings (SSSR count). The van der Waals surface area contributed by atoms with Gasteiger partial charge >= 0.3 is 0 Å².